The van der Waals surface area contributed by atoms with Crippen molar-refractivity contribution in [3.05, 3.63) is 24.5 Å². The van der Waals surface area contributed by atoms with Crippen molar-refractivity contribution >= 4 is 11.7 Å². The highest BCUT2D eigenvalue weighted by Crippen LogP contribution is 2.02. The number of rotatable bonds is 4. The lowest BCUT2D eigenvalue weighted by molar-refractivity contribution is 0.222. The smallest absolute Gasteiger partial charge is 0.319 e. The van der Waals surface area contributed by atoms with E-state index in [2.05, 4.69) is 15.6 Å². The molecule has 0 saturated heterocycles. The fourth-order valence-electron chi connectivity index (χ4n) is 1.07. The van der Waals surface area contributed by atoms with E-state index >= 15 is 0 Å². The summed E-state index contributed by atoms with van der Waals surface area (Å²) >= 11 is 0. The normalized spacial score (nSPS) is 11.9. The Morgan fingerprint density at radius 3 is 3.00 bits per heavy atom. The van der Waals surface area contributed by atoms with Gasteiger partial charge in [0.15, 0.2) is 0 Å². The monoisotopic (exact) mass is 209 g/mol. The van der Waals surface area contributed by atoms with Gasteiger partial charge in [0, 0.05) is 6.20 Å². The molecule has 15 heavy (non-hydrogen) atoms. The van der Waals surface area contributed by atoms with Gasteiger partial charge in [-0.3, -0.25) is 4.98 Å². The first kappa shape index (κ1) is 11.5. The van der Waals surface area contributed by atoms with E-state index < -0.39 is 0 Å². The van der Waals surface area contributed by atoms with Crippen molar-refractivity contribution in [2.45, 2.75) is 19.4 Å². The first-order chi connectivity index (χ1) is 7.26. The maximum atomic E-state index is 11.4. The molecule has 1 aromatic rings. The van der Waals surface area contributed by atoms with E-state index in [-0.39, 0.29) is 18.7 Å². The summed E-state index contributed by atoms with van der Waals surface area (Å²) < 4.78 is 0. The van der Waals surface area contributed by atoms with Crippen molar-refractivity contribution in [2.75, 3.05) is 11.9 Å². The van der Waals surface area contributed by atoms with Crippen LogP contribution in [0.25, 0.3) is 0 Å². The van der Waals surface area contributed by atoms with E-state index in [1.165, 1.54) is 0 Å². The molecule has 0 aliphatic rings. The van der Waals surface area contributed by atoms with Crippen LogP contribution in [0.3, 0.4) is 0 Å². The van der Waals surface area contributed by atoms with Gasteiger partial charge in [-0.2, -0.15) is 0 Å². The molecule has 0 aliphatic heterocycles. The number of pyridine rings is 1. The molecule has 1 heterocycles. The number of hydrogen-bond acceptors (Lipinski definition) is 3. The van der Waals surface area contributed by atoms with Crippen LogP contribution in [0.5, 0.6) is 0 Å². The number of carbonyl (C=O) groups is 1. The van der Waals surface area contributed by atoms with E-state index in [1.807, 2.05) is 6.92 Å². The van der Waals surface area contributed by atoms with Crippen LogP contribution in [0, 0.1) is 0 Å². The van der Waals surface area contributed by atoms with Crippen molar-refractivity contribution in [3.8, 4) is 0 Å². The number of nitrogens with one attached hydrogen (secondary N) is 2. The van der Waals surface area contributed by atoms with E-state index in [9.17, 15) is 4.79 Å². The Labute approximate surface area is 88.5 Å². The van der Waals surface area contributed by atoms with E-state index in [0.717, 1.165) is 0 Å². The second kappa shape index (κ2) is 5.98. The number of aliphatic hydroxyl groups is 1. The molecule has 3 N–H and O–H groups in total. The second-order valence-electron chi connectivity index (χ2n) is 3.13. The Kier molecular flexibility index (Phi) is 4.56. The van der Waals surface area contributed by atoms with Crippen LogP contribution in [0.1, 0.15) is 13.3 Å². The first-order valence-electron chi connectivity index (χ1n) is 4.84. The van der Waals surface area contributed by atoms with Gasteiger partial charge < -0.3 is 15.7 Å². The van der Waals surface area contributed by atoms with Gasteiger partial charge in [0.25, 0.3) is 0 Å². The third kappa shape index (κ3) is 3.95. The van der Waals surface area contributed by atoms with E-state index in [0.29, 0.717) is 12.1 Å². The molecular formula is C10H15N3O2. The predicted octanol–water partition coefficient (Wildman–Crippen LogP) is 0.974. The van der Waals surface area contributed by atoms with Crippen molar-refractivity contribution in [2.24, 2.45) is 0 Å². The Bertz CT molecular complexity index is 299. The molecule has 5 heteroatoms. The van der Waals surface area contributed by atoms with Crippen molar-refractivity contribution in [3.63, 3.8) is 0 Å². The molecule has 0 aliphatic carbocycles. The van der Waals surface area contributed by atoms with Gasteiger partial charge >= 0.3 is 6.03 Å². The minimum atomic E-state index is -0.330. The molecule has 1 aromatic heterocycles. The van der Waals surface area contributed by atoms with Crippen molar-refractivity contribution in [1.29, 1.82) is 0 Å². The molecule has 0 bridgehead atoms. The third-order valence-electron chi connectivity index (χ3n) is 1.97. The molecule has 0 fully saturated rings. The molecule has 0 aromatic carbocycles. The number of aromatic nitrogens is 1. The van der Waals surface area contributed by atoms with Crippen LogP contribution in [-0.4, -0.2) is 28.8 Å². The zero-order valence-corrected chi connectivity index (χ0v) is 8.60. The molecule has 1 rings (SSSR count). The Hall–Kier alpha value is -1.62. The van der Waals surface area contributed by atoms with Gasteiger partial charge in [-0.15, -0.1) is 0 Å². The molecule has 1 atom stereocenters. The van der Waals surface area contributed by atoms with Gasteiger partial charge in [-0.05, 0) is 18.6 Å². The fraction of sp³-hybridized carbons (Fsp3) is 0.400. The Morgan fingerprint density at radius 1 is 1.67 bits per heavy atom. The Balaban J connectivity index is 2.43. The zero-order chi connectivity index (χ0) is 11.1. The molecule has 5 nitrogen and oxygen atoms in total. The summed E-state index contributed by atoms with van der Waals surface area (Å²) in [5.41, 5.74) is 0.628. The molecular weight excluding hydrogens is 194 g/mol. The number of carbonyl (C=O) groups excluding carboxylic acids is 1. The number of urea groups is 1. The predicted molar refractivity (Wildman–Crippen MR) is 57.6 cm³/mol. The molecule has 0 saturated carbocycles. The fourth-order valence-corrected chi connectivity index (χ4v) is 1.07. The SMILES string of the molecule is CCC(CO)NC(=O)Nc1cccnc1. The lowest BCUT2D eigenvalue weighted by atomic mass is 10.2. The van der Waals surface area contributed by atoms with Crippen LogP contribution in [-0.2, 0) is 0 Å². The lowest BCUT2D eigenvalue weighted by Crippen LogP contribution is -2.39. The summed E-state index contributed by atoms with van der Waals surface area (Å²) in [7, 11) is 0. The average Bonchev–Trinajstić information content (AvgIpc) is 2.27. The highest BCUT2D eigenvalue weighted by molar-refractivity contribution is 5.89. The minimum absolute atomic E-state index is 0.0586. The summed E-state index contributed by atoms with van der Waals surface area (Å²) in [5.74, 6) is 0. The Morgan fingerprint density at radius 2 is 2.47 bits per heavy atom. The van der Waals surface area contributed by atoms with Crippen LogP contribution < -0.4 is 10.6 Å². The van der Waals surface area contributed by atoms with E-state index in [4.69, 9.17) is 5.11 Å². The average molecular weight is 209 g/mol. The van der Waals surface area contributed by atoms with Crippen LogP contribution in [0.4, 0.5) is 10.5 Å². The van der Waals surface area contributed by atoms with Crippen LogP contribution in [0.15, 0.2) is 24.5 Å². The first-order valence-corrected chi connectivity index (χ1v) is 4.84. The summed E-state index contributed by atoms with van der Waals surface area (Å²) in [6, 6.07) is 2.94. The maximum absolute atomic E-state index is 11.4. The van der Waals surface area contributed by atoms with Crippen LogP contribution >= 0.6 is 0 Å². The van der Waals surface area contributed by atoms with Gasteiger partial charge in [-0.25, -0.2) is 4.79 Å². The quantitative estimate of drug-likeness (QED) is 0.691. The van der Waals surface area contributed by atoms with Crippen molar-refractivity contribution < 1.29 is 9.90 Å². The van der Waals surface area contributed by atoms with Gasteiger partial charge in [0.2, 0.25) is 0 Å². The number of amides is 2. The molecule has 2 amide bonds. The standard InChI is InChI=1S/C10H15N3O2/c1-2-8(7-14)12-10(15)13-9-4-3-5-11-6-9/h3-6,8,14H,2,7H2,1H3,(H2,12,13,15). The summed E-state index contributed by atoms with van der Waals surface area (Å²) in [5, 5.41) is 14.1. The summed E-state index contributed by atoms with van der Waals surface area (Å²) in [4.78, 5) is 15.2. The molecule has 1 unspecified atom stereocenters. The number of hydrogen-bond donors (Lipinski definition) is 3. The van der Waals surface area contributed by atoms with E-state index in [1.54, 1.807) is 24.5 Å². The number of aliphatic hydroxyl groups excluding tert-OH is 1. The summed E-state index contributed by atoms with van der Waals surface area (Å²) in [6.07, 6.45) is 3.88. The summed E-state index contributed by atoms with van der Waals surface area (Å²) in [6.45, 7) is 1.84. The maximum Gasteiger partial charge on any atom is 0.319 e. The highest BCUT2D eigenvalue weighted by Gasteiger charge is 2.08. The lowest BCUT2D eigenvalue weighted by Gasteiger charge is -2.14. The topological polar surface area (TPSA) is 74.2 Å². The van der Waals surface area contributed by atoms with Gasteiger partial charge in [0.05, 0.1) is 24.5 Å². The molecule has 82 valence electrons. The number of nitrogens with zero attached hydrogens (tertiary/aromatic N) is 1. The number of anilines is 1. The minimum Gasteiger partial charge on any atom is -0.394 e. The van der Waals surface area contributed by atoms with Crippen molar-refractivity contribution in [1.82, 2.24) is 10.3 Å². The molecule has 0 spiro atoms. The third-order valence-corrected chi connectivity index (χ3v) is 1.97. The van der Waals surface area contributed by atoms with Crippen LogP contribution in [0.2, 0.25) is 0 Å². The zero-order valence-electron chi connectivity index (χ0n) is 8.60. The van der Waals surface area contributed by atoms with Gasteiger partial charge in [0.1, 0.15) is 0 Å². The second-order valence-corrected chi connectivity index (χ2v) is 3.13. The van der Waals surface area contributed by atoms with Gasteiger partial charge in [-0.1, -0.05) is 6.92 Å². The largest absolute Gasteiger partial charge is 0.394 e. The molecule has 0 radical (unpaired) electrons. The highest BCUT2D eigenvalue weighted by atomic mass is 16.3.